The summed E-state index contributed by atoms with van der Waals surface area (Å²) >= 11 is 0. The van der Waals surface area contributed by atoms with E-state index in [4.69, 9.17) is 4.74 Å². The molecule has 2 nitrogen and oxygen atoms in total. The Kier molecular flexibility index (Phi) is 4.11. The zero-order valence-corrected chi connectivity index (χ0v) is 12.4. The van der Waals surface area contributed by atoms with E-state index in [-0.39, 0.29) is 5.41 Å². The van der Waals surface area contributed by atoms with Crippen molar-refractivity contribution in [1.82, 2.24) is 5.32 Å². The molecule has 1 aromatic carbocycles. The SMILES string of the molecule is CCNC(C1=COCCC1)C1(c2ccccc2)CCC1. The fourth-order valence-electron chi connectivity index (χ4n) is 3.75. The van der Waals surface area contributed by atoms with Gasteiger partial charge in [0, 0.05) is 11.5 Å². The quantitative estimate of drug-likeness (QED) is 0.880. The molecule has 3 rings (SSSR count). The van der Waals surface area contributed by atoms with Gasteiger partial charge in [0.05, 0.1) is 12.9 Å². The highest BCUT2D eigenvalue weighted by atomic mass is 16.5. The van der Waals surface area contributed by atoms with Gasteiger partial charge in [0.1, 0.15) is 0 Å². The topological polar surface area (TPSA) is 21.3 Å². The number of benzene rings is 1. The van der Waals surface area contributed by atoms with Gasteiger partial charge in [-0.15, -0.1) is 0 Å². The molecule has 0 amide bonds. The van der Waals surface area contributed by atoms with Crippen molar-refractivity contribution in [3.05, 3.63) is 47.7 Å². The lowest BCUT2D eigenvalue weighted by Gasteiger charge is -2.50. The van der Waals surface area contributed by atoms with Crippen LogP contribution < -0.4 is 5.32 Å². The maximum absolute atomic E-state index is 5.61. The van der Waals surface area contributed by atoms with Crippen LogP contribution in [0.25, 0.3) is 0 Å². The van der Waals surface area contributed by atoms with E-state index in [1.54, 1.807) is 0 Å². The minimum absolute atomic E-state index is 0.282. The minimum atomic E-state index is 0.282. The van der Waals surface area contributed by atoms with Crippen molar-refractivity contribution >= 4 is 0 Å². The van der Waals surface area contributed by atoms with E-state index in [1.165, 1.54) is 36.8 Å². The first-order chi connectivity index (χ1) is 9.87. The predicted molar refractivity (Wildman–Crippen MR) is 82.7 cm³/mol. The highest BCUT2D eigenvalue weighted by Gasteiger charge is 2.46. The molecule has 1 fully saturated rings. The van der Waals surface area contributed by atoms with E-state index in [2.05, 4.69) is 42.6 Å². The molecule has 1 atom stereocenters. The normalized spacial score (nSPS) is 22.4. The van der Waals surface area contributed by atoms with Gasteiger partial charge in [-0.05, 0) is 43.4 Å². The Morgan fingerprint density at radius 1 is 1.20 bits per heavy atom. The van der Waals surface area contributed by atoms with Crippen molar-refractivity contribution in [2.75, 3.05) is 13.2 Å². The third-order valence-corrected chi connectivity index (χ3v) is 4.89. The summed E-state index contributed by atoms with van der Waals surface area (Å²) in [7, 11) is 0. The molecule has 1 aliphatic heterocycles. The fourth-order valence-corrected chi connectivity index (χ4v) is 3.75. The highest BCUT2D eigenvalue weighted by molar-refractivity contribution is 5.35. The van der Waals surface area contributed by atoms with Crippen LogP contribution >= 0.6 is 0 Å². The largest absolute Gasteiger partial charge is 0.501 e. The first-order valence-corrected chi connectivity index (χ1v) is 7.96. The van der Waals surface area contributed by atoms with Crippen molar-refractivity contribution in [3.8, 4) is 0 Å². The second-order valence-electron chi connectivity index (χ2n) is 6.03. The number of likely N-dealkylation sites (N-methyl/N-ethyl adjacent to an activating group) is 1. The first-order valence-electron chi connectivity index (χ1n) is 7.96. The molecule has 0 aromatic heterocycles. The molecule has 1 heterocycles. The minimum Gasteiger partial charge on any atom is -0.501 e. The van der Waals surface area contributed by atoms with E-state index in [0.29, 0.717) is 6.04 Å². The standard InChI is InChI=1S/C18H25NO/c1-2-19-17(15-8-6-13-20-14-15)18(11-7-12-18)16-9-4-3-5-10-16/h3-5,9-10,14,17,19H,2,6-8,11-13H2,1H3. The number of hydrogen-bond donors (Lipinski definition) is 1. The predicted octanol–water partition coefficient (Wildman–Crippen LogP) is 3.78. The van der Waals surface area contributed by atoms with Crippen LogP contribution in [0.1, 0.15) is 44.6 Å². The van der Waals surface area contributed by atoms with Gasteiger partial charge in [0.15, 0.2) is 0 Å². The summed E-state index contributed by atoms with van der Waals surface area (Å²) in [6.45, 7) is 4.09. The lowest BCUT2D eigenvalue weighted by atomic mass is 9.58. The Labute approximate surface area is 122 Å². The Bertz CT molecular complexity index is 462. The fraction of sp³-hybridized carbons (Fsp3) is 0.556. The second kappa shape index (κ2) is 6.01. The van der Waals surface area contributed by atoms with Gasteiger partial charge in [0.25, 0.3) is 0 Å². The van der Waals surface area contributed by atoms with Crippen molar-refractivity contribution in [2.45, 2.75) is 50.5 Å². The molecule has 0 radical (unpaired) electrons. The van der Waals surface area contributed by atoms with Crippen LogP contribution in [0.2, 0.25) is 0 Å². The lowest BCUT2D eigenvalue weighted by Crippen LogP contribution is -2.54. The van der Waals surface area contributed by atoms with E-state index >= 15 is 0 Å². The molecule has 1 aliphatic carbocycles. The maximum Gasteiger partial charge on any atom is 0.0876 e. The number of nitrogens with one attached hydrogen (secondary N) is 1. The van der Waals surface area contributed by atoms with Crippen LogP contribution in [0.3, 0.4) is 0 Å². The van der Waals surface area contributed by atoms with Gasteiger partial charge in [0.2, 0.25) is 0 Å². The Morgan fingerprint density at radius 3 is 2.55 bits per heavy atom. The Hall–Kier alpha value is -1.28. The zero-order valence-electron chi connectivity index (χ0n) is 12.4. The molecule has 20 heavy (non-hydrogen) atoms. The lowest BCUT2D eigenvalue weighted by molar-refractivity contribution is 0.166. The van der Waals surface area contributed by atoms with Crippen LogP contribution in [-0.2, 0) is 10.2 Å². The molecular formula is C18H25NO. The summed E-state index contributed by atoms with van der Waals surface area (Å²) in [5.41, 5.74) is 3.23. The van der Waals surface area contributed by atoms with Gasteiger partial charge >= 0.3 is 0 Å². The molecule has 0 bridgehead atoms. The average Bonchev–Trinajstić information content (AvgIpc) is 2.47. The average molecular weight is 271 g/mol. The van der Waals surface area contributed by atoms with Crippen LogP contribution in [0.5, 0.6) is 0 Å². The molecule has 1 unspecified atom stereocenters. The van der Waals surface area contributed by atoms with Gasteiger partial charge < -0.3 is 10.1 Å². The third kappa shape index (κ3) is 2.37. The van der Waals surface area contributed by atoms with E-state index in [9.17, 15) is 0 Å². The smallest absolute Gasteiger partial charge is 0.0876 e. The Balaban J connectivity index is 1.93. The molecule has 108 valence electrons. The summed E-state index contributed by atoms with van der Waals surface area (Å²) in [4.78, 5) is 0. The molecule has 1 aromatic rings. The van der Waals surface area contributed by atoms with Crippen molar-refractivity contribution in [1.29, 1.82) is 0 Å². The van der Waals surface area contributed by atoms with Crippen molar-refractivity contribution in [2.24, 2.45) is 0 Å². The van der Waals surface area contributed by atoms with Gasteiger partial charge in [-0.3, -0.25) is 0 Å². The van der Waals surface area contributed by atoms with E-state index < -0.39 is 0 Å². The molecule has 2 aliphatic rings. The number of ether oxygens (including phenoxy) is 1. The summed E-state index contributed by atoms with van der Waals surface area (Å²) < 4.78 is 5.61. The van der Waals surface area contributed by atoms with Gasteiger partial charge in [-0.2, -0.15) is 0 Å². The monoisotopic (exact) mass is 271 g/mol. The molecule has 1 saturated carbocycles. The molecule has 2 heteroatoms. The van der Waals surface area contributed by atoms with Crippen LogP contribution in [0, 0.1) is 0 Å². The van der Waals surface area contributed by atoms with Gasteiger partial charge in [-0.1, -0.05) is 43.7 Å². The number of rotatable bonds is 5. The molecule has 1 N–H and O–H groups in total. The van der Waals surface area contributed by atoms with E-state index in [0.717, 1.165) is 19.6 Å². The summed E-state index contributed by atoms with van der Waals surface area (Å²) in [6.07, 6.45) is 8.26. The summed E-state index contributed by atoms with van der Waals surface area (Å²) in [6, 6.07) is 11.5. The van der Waals surface area contributed by atoms with Gasteiger partial charge in [-0.25, -0.2) is 0 Å². The third-order valence-electron chi connectivity index (χ3n) is 4.89. The molecule has 0 spiro atoms. The highest BCUT2D eigenvalue weighted by Crippen LogP contribution is 2.49. The van der Waals surface area contributed by atoms with Crippen molar-refractivity contribution in [3.63, 3.8) is 0 Å². The number of hydrogen-bond acceptors (Lipinski definition) is 2. The molecule has 0 saturated heterocycles. The Morgan fingerprint density at radius 2 is 2.00 bits per heavy atom. The van der Waals surface area contributed by atoms with Crippen LogP contribution in [-0.4, -0.2) is 19.2 Å². The molecular weight excluding hydrogens is 246 g/mol. The summed E-state index contributed by atoms with van der Waals surface area (Å²) in [5, 5.41) is 3.75. The van der Waals surface area contributed by atoms with E-state index in [1.807, 2.05) is 6.26 Å². The summed E-state index contributed by atoms with van der Waals surface area (Å²) in [5.74, 6) is 0. The zero-order chi connectivity index (χ0) is 13.8. The second-order valence-corrected chi connectivity index (χ2v) is 6.03. The van der Waals surface area contributed by atoms with Crippen molar-refractivity contribution < 1.29 is 4.74 Å². The maximum atomic E-state index is 5.61. The van der Waals surface area contributed by atoms with Crippen LogP contribution in [0.15, 0.2) is 42.2 Å². The first kappa shape index (κ1) is 13.7. The van der Waals surface area contributed by atoms with Crippen LogP contribution in [0.4, 0.5) is 0 Å².